The van der Waals surface area contributed by atoms with Crippen LogP contribution in [0.5, 0.6) is 0 Å². The molecule has 0 aliphatic heterocycles. The molecule has 4 nitrogen and oxygen atoms in total. The second-order valence-corrected chi connectivity index (χ2v) is 5.73. The first-order valence-corrected chi connectivity index (χ1v) is 7.13. The van der Waals surface area contributed by atoms with E-state index in [9.17, 15) is 4.79 Å². The number of ether oxygens (including phenoxy) is 1. The SMILES string of the molecule is COCCC1(CNCc2ccc(CC(=O)O)cc2)CC1. The second-order valence-electron chi connectivity index (χ2n) is 5.73. The van der Waals surface area contributed by atoms with Crippen LogP contribution in [0.1, 0.15) is 30.4 Å². The summed E-state index contributed by atoms with van der Waals surface area (Å²) >= 11 is 0. The van der Waals surface area contributed by atoms with Crippen LogP contribution in [0.2, 0.25) is 0 Å². The summed E-state index contributed by atoms with van der Waals surface area (Å²) in [4.78, 5) is 10.6. The Balaban J connectivity index is 1.73. The average Bonchev–Trinajstić information content (AvgIpc) is 3.18. The lowest BCUT2D eigenvalue weighted by Gasteiger charge is -2.15. The molecule has 1 fully saturated rings. The largest absolute Gasteiger partial charge is 0.481 e. The Hall–Kier alpha value is -1.39. The van der Waals surface area contributed by atoms with Gasteiger partial charge < -0.3 is 15.2 Å². The molecule has 0 unspecified atom stereocenters. The highest BCUT2D eigenvalue weighted by molar-refractivity contribution is 5.70. The van der Waals surface area contributed by atoms with Gasteiger partial charge in [-0.05, 0) is 35.8 Å². The molecule has 0 radical (unpaired) electrons. The Labute approximate surface area is 120 Å². The van der Waals surface area contributed by atoms with Crippen molar-refractivity contribution >= 4 is 5.97 Å². The van der Waals surface area contributed by atoms with Crippen molar-refractivity contribution in [3.05, 3.63) is 35.4 Å². The predicted octanol–water partition coefficient (Wildman–Crippen LogP) is 2.22. The van der Waals surface area contributed by atoms with E-state index in [1.54, 1.807) is 7.11 Å². The number of carboxylic acid groups (broad SMARTS) is 1. The van der Waals surface area contributed by atoms with Gasteiger partial charge in [0.1, 0.15) is 0 Å². The molecule has 1 saturated carbocycles. The molecule has 0 saturated heterocycles. The van der Waals surface area contributed by atoms with Gasteiger partial charge in [-0.2, -0.15) is 0 Å². The molecule has 20 heavy (non-hydrogen) atoms. The molecular formula is C16H23NO3. The maximum Gasteiger partial charge on any atom is 0.307 e. The van der Waals surface area contributed by atoms with E-state index in [0.717, 1.165) is 31.7 Å². The molecule has 1 aromatic carbocycles. The van der Waals surface area contributed by atoms with E-state index in [1.807, 2.05) is 24.3 Å². The van der Waals surface area contributed by atoms with Crippen molar-refractivity contribution in [1.29, 1.82) is 0 Å². The van der Waals surface area contributed by atoms with Crippen molar-refractivity contribution in [3.8, 4) is 0 Å². The van der Waals surface area contributed by atoms with Crippen LogP contribution in [0.4, 0.5) is 0 Å². The Morgan fingerprint density at radius 1 is 1.30 bits per heavy atom. The second kappa shape index (κ2) is 6.86. The minimum absolute atomic E-state index is 0.0911. The zero-order valence-corrected chi connectivity index (χ0v) is 12.0. The molecule has 0 amide bonds. The third-order valence-electron chi connectivity index (χ3n) is 4.00. The van der Waals surface area contributed by atoms with E-state index in [0.29, 0.717) is 5.41 Å². The van der Waals surface area contributed by atoms with Crippen molar-refractivity contribution in [2.45, 2.75) is 32.2 Å². The van der Waals surface area contributed by atoms with E-state index < -0.39 is 5.97 Å². The molecule has 4 heteroatoms. The quantitative estimate of drug-likeness (QED) is 0.726. The Morgan fingerprint density at radius 2 is 1.95 bits per heavy atom. The maximum atomic E-state index is 10.6. The van der Waals surface area contributed by atoms with Crippen LogP contribution < -0.4 is 5.32 Å². The van der Waals surface area contributed by atoms with Gasteiger partial charge in [-0.25, -0.2) is 0 Å². The summed E-state index contributed by atoms with van der Waals surface area (Å²) in [7, 11) is 1.75. The van der Waals surface area contributed by atoms with E-state index in [2.05, 4.69) is 5.32 Å². The molecule has 0 spiro atoms. The third-order valence-corrected chi connectivity index (χ3v) is 4.00. The lowest BCUT2D eigenvalue weighted by Crippen LogP contribution is -2.24. The van der Waals surface area contributed by atoms with Gasteiger partial charge in [0.15, 0.2) is 0 Å². The monoisotopic (exact) mass is 277 g/mol. The smallest absolute Gasteiger partial charge is 0.307 e. The van der Waals surface area contributed by atoms with E-state index in [-0.39, 0.29) is 6.42 Å². The number of hydrogen-bond donors (Lipinski definition) is 2. The molecule has 0 atom stereocenters. The number of carboxylic acids is 1. The van der Waals surface area contributed by atoms with Gasteiger partial charge in [-0.3, -0.25) is 4.79 Å². The van der Waals surface area contributed by atoms with Gasteiger partial charge in [-0.1, -0.05) is 24.3 Å². The highest BCUT2D eigenvalue weighted by Gasteiger charge is 2.41. The number of benzene rings is 1. The molecule has 0 bridgehead atoms. The first-order chi connectivity index (χ1) is 9.63. The molecule has 110 valence electrons. The fourth-order valence-electron chi connectivity index (χ4n) is 2.43. The average molecular weight is 277 g/mol. The standard InChI is InChI=1S/C16H23NO3/c1-20-9-8-16(6-7-16)12-17-11-14-4-2-13(3-5-14)10-15(18)19/h2-5,17H,6-12H2,1H3,(H,18,19). The molecule has 2 N–H and O–H groups in total. The molecule has 1 aromatic rings. The summed E-state index contributed by atoms with van der Waals surface area (Å²) in [5, 5.41) is 12.2. The van der Waals surface area contributed by atoms with E-state index >= 15 is 0 Å². The van der Waals surface area contributed by atoms with Crippen molar-refractivity contribution < 1.29 is 14.6 Å². The highest BCUT2D eigenvalue weighted by atomic mass is 16.5. The summed E-state index contributed by atoms with van der Waals surface area (Å²) in [6, 6.07) is 7.78. The van der Waals surface area contributed by atoms with Gasteiger partial charge in [0.05, 0.1) is 6.42 Å². The van der Waals surface area contributed by atoms with Gasteiger partial charge in [0.2, 0.25) is 0 Å². The molecule has 1 aliphatic carbocycles. The Kier molecular flexibility index (Phi) is 5.15. The first-order valence-electron chi connectivity index (χ1n) is 7.13. The molecule has 0 aromatic heterocycles. The summed E-state index contributed by atoms with van der Waals surface area (Å²) in [5.41, 5.74) is 2.50. The number of methoxy groups -OCH3 is 1. The third kappa shape index (κ3) is 4.62. The summed E-state index contributed by atoms with van der Waals surface area (Å²) in [6.07, 6.45) is 3.81. The number of aliphatic carboxylic acids is 1. The summed E-state index contributed by atoms with van der Waals surface area (Å²) in [6.45, 7) is 2.71. The van der Waals surface area contributed by atoms with Crippen LogP contribution in [-0.4, -0.2) is 31.3 Å². The van der Waals surface area contributed by atoms with Gasteiger partial charge in [0, 0.05) is 26.8 Å². The van der Waals surface area contributed by atoms with Crippen LogP contribution >= 0.6 is 0 Å². The van der Waals surface area contributed by atoms with Crippen LogP contribution in [0.15, 0.2) is 24.3 Å². The highest BCUT2D eigenvalue weighted by Crippen LogP contribution is 2.48. The predicted molar refractivity (Wildman–Crippen MR) is 77.6 cm³/mol. The number of nitrogens with one attached hydrogen (secondary N) is 1. The molecule has 1 aliphatic rings. The zero-order chi connectivity index (χ0) is 14.4. The van der Waals surface area contributed by atoms with E-state index in [4.69, 9.17) is 9.84 Å². The van der Waals surface area contributed by atoms with Crippen LogP contribution in [0.3, 0.4) is 0 Å². The van der Waals surface area contributed by atoms with Gasteiger partial charge >= 0.3 is 5.97 Å². The van der Waals surface area contributed by atoms with Gasteiger partial charge in [0.25, 0.3) is 0 Å². The molecule has 2 rings (SSSR count). The van der Waals surface area contributed by atoms with Crippen LogP contribution in [-0.2, 0) is 22.5 Å². The Bertz CT molecular complexity index is 438. The minimum Gasteiger partial charge on any atom is -0.481 e. The van der Waals surface area contributed by atoms with Crippen molar-refractivity contribution in [2.75, 3.05) is 20.3 Å². The number of carbonyl (C=O) groups is 1. The number of rotatable bonds is 9. The zero-order valence-electron chi connectivity index (χ0n) is 12.0. The summed E-state index contributed by atoms with van der Waals surface area (Å²) < 4.78 is 5.15. The lowest BCUT2D eigenvalue weighted by molar-refractivity contribution is -0.136. The maximum absolute atomic E-state index is 10.6. The van der Waals surface area contributed by atoms with Crippen molar-refractivity contribution in [3.63, 3.8) is 0 Å². The topological polar surface area (TPSA) is 58.6 Å². The first kappa shape index (κ1) is 15.0. The van der Waals surface area contributed by atoms with Crippen LogP contribution in [0, 0.1) is 5.41 Å². The van der Waals surface area contributed by atoms with Crippen molar-refractivity contribution in [1.82, 2.24) is 5.32 Å². The minimum atomic E-state index is -0.787. The van der Waals surface area contributed by atoms with Crippen LogP contribution in [0.25, 0.3) is 0 Å². The molecular weight excluding hydrogens is 254 g/mol. The van der Waals surface area contributed by atoms with Crippen molar-refractivity contribution in [2.24, 2.45) is 5.41 Å². The lowest BCUT2D eigenvalue weighted by atomic mass is 10.0. The fourth-order valence-corrected chi connectivity index (χ4v) is 2.43. The van der Waals surface area contributed by atoms with E-state index in [1.165, 1.54) is 18.4 Å². The van der Waals surface area contributed by atoms with Gasteiger partial charge in [-0.15, -0.1) is 0 Å². The fraction of sp³-hybridized carbons (Fsp3) is 0.562. The Morgan fingerprint density at radius 3 is 2.50 bits per heavy atom. The number of hydrogen-bond acceptors (Lipinski definition) is 3. The molecule has 0 heterocycles. The summed E-state index contributed by atoms with van der Waals surface area (Å²) in [5.74, 6) is -0.787. The normalized spacial score (nSPS) is 16.1.